The summed E-state index contributed by atoms with van der Waals surface area (Å²) < 4.78 is 27.0. The lowest BCUT2D eigenvalue weighted by atomic mass is 9.74. The number of amides is 1. The van der Waals surface area contributed by atoms with E-state index in [1.54, 1.807) is 19.2 Å². The van der Waals surface area contributed by atoms with Crippen molar-refractivity contribution in [1.29, 1.82) is 0 Å². The number of benzene rings is 2. The number of hydrogen-bond donors (Lipinski definition) is 1. The Bertz CT molecular complexity index is 844. The Morgan fingerprint density at radius 2 is 1.69 bits per heavy atom. The first-order valence-electron chi connectivity index (χ1n) is 8.31. The summed E-state index contributed by atoms with van der Waals surface area (Å²) in [6.07, 6.45) is 0. The summed E-state index contributed by atoms with van der Waals surface area (Å²) in [5.74, 6) is -3.69. The number of halogens is 2. The van der Waals surface area contributed by atoms with E-state index in [2.05, 4.69) is 4.99 Å². The van der Waals surface area contributed by atoms with E-state index in [0.29, 0.717) is 5.56 Å². The number of nitrogens with two attached hydrogens (primary N) is 1. The predicted molar refractivity (Wildman–Crippen MR) is 96.9 cm³/mol. The lowest BCUT2D eigenvalue weighted by Gasteiger charge is -2.41. The molecule has 1 heterocycles. The maximum atomic E-state index is 13.5. The van der Waals surface area contributed by atoms with Gasteiger partial charge in [-0.15, -0.1) is 0 Å². The number of rotatable bonds is 3. The molecule has 0 saturated heterocycles. The van der Waals surface area contributed by atoms with Gasteiger partial charge in [-0.3, -0.25) is 9.69 Å². The van der Waals surface area contributed by atoms with Crippen LogP contribution in [-0.4, -0.2) is 23.8 Å². The third-order valence-corrected chi connectivity index (χ3v) is 4.94. The summed E-state index contributed by atoms with van der Waals surface area (Å²) in [4.78, 5) is 18.9. The molecule has 136 valence electrons. The third-order valence-electron chi connectivity index (χ3n) is 4.94. The fourth-order valence-electron chi connectivity index (χ4n) is 3.37. The summed E-state index contributed by atoms with van der Waals surface area (Å²) >= 11 is 0. The van der Waals surface area contributed by atoms with E-state index >= 15 is 0 Å². The van der Waals surface area contributed by atoms with Crippen LogP contribution in [0.25, 0.3) is 0 Å². The van der Waals surface area contributed by atoms with Crippen LogP contribution in [0.1, 0.15) is 36.5 Å². The molecule has 0 fully saturated rings. The van der Waals surface area contributed by atoms with Gasteiger partial charge in [0.1, 0.15) is 5.54 Å². The van der Waals surface area contributed by atoms with Gasteiger partial charge in [0.05, 0.1) is 5.92 Å². The van der Waals surface area contributed by atoms with Crippen LogP contribution in [0.2, 0.25) is 0 Å². The van der Waals surface area contributed by atoms with E-state index in [0.717, 1.165) is 12.5 Å². The molecule has 0 bridgehead atoms. The zero-order chi connectivity index (χ0) is 19.1. The quantitative estimate of drug-likeness (QED) is 0.913. The maximum Gasteiger partial charge on any atom is 0.270 e. The van der Waals surface area contributed by atoms with E-state index in [4.69, 9.17) is 5.73 Å². The van der Waals surface area contributed by atoms with Crippen LogP contribution in [0, 0.1) is 0 Å². The zero-order valence-corrected chi connectivity index (χ0v) is 14.9. The zero-order valence-electron chi connectivity index (χ0n) is 14.9. The molecular weight excluding hydrogens is 336 g/mol. The molecule has 0 radical (unpaired) electrons. The van der Waals surface area contributed by atoms with Gasteiger partial charge in [-0.2, -0.15) is 0 Å². The molecule has 0 spiro atoms. The maximum absolute atomic E-state index is 13.5. The minimum absolute atomic E-state index is 0.0951. The van der Waals surface area contributed by atoms with Gasteiger partial charge in [0.2, 0.25) is 5.91 Å². The van der Waals surface area contributed by atoms with Crippen molar-refractivity contribution >= 4 is 11.9 Å². The molecular formula is C20H21F2N3O. The van der Waals surface area contributed by atoms with Crippen LogP contribution < -0.4 is 5.73 Å². The molecule has 1 aliphatic rings. The van der Waals surface area contributed by atoms with Crippen molar-refractivity contribution in [2.75, 3.05) is 7.05 Å². The number of alkyl halides is 2. The van der Waals surface area contributed by atoms with Gasteiger partial charge >= 0.3 is 0 Å². The van der Waals surface area contributed by atoms with Crippen molar-refractivity contribution in [2.24, 2.45) is 10.7 Å². The summed E-state index contributed by atoms with van der Waals surface area (Å²) in [5.41, 5.74) is 6.39. The van der Waals surface area contributed by atoms with Crippen LogP contribution in [0.15, 0.2) is 59.6 Å². The monoisotopic (exact) mass is 357 g/mol. The Balaban J connectivity index is 2.14. The van der Waals surface area contributed by atoms with E-state index in [9.17, 15) is 13.6 Å². The number of carbonyl (C=O) groups is 1. The van der Waals surface area contributed by atoms with E-state index in [1.807, 2.05) is 37.3 Å². The van der Waals surface area contributed by atoms with Crippen molar-refractivity contribution in [2.45, 2.75) is 31.2 Å². The smallest absolute Gasteiger partial charge is 0.270 e. The first-order valence-corrected chi connectivity index (χ1v) is 8.31. The van der Waals surface area contributed by atoms with Crippen molar-refractivity contribution in [1.82, 2.24) is 4.90 Å². The number of aliphatic imine (C=N–C) groups is 1. The highest BCUT2D eigenvalue weighted by molar-refractivity contribution is 6.02. The molecule has 26 heavy (non-hydrogen) atoms. The standard InChI is InChI=1S/C20H21F2N3O/c1-19(14-7-5-4-6-8-14)16(17(26)25(3)18(23)24-19)13-9-11-15(12-10-13)20(2,21)22/h4-12,16H,1-3H3,(H2,23,24). The molecule has 2 N–H and O–H groups in total. The number of guanidine groups is 1. The lowest BCUT2D eigenvalue weighted by molar-refractivity contribution is -0.130. The highest BCUT2D eigenvalue weighted by Crippen LogP contribution is 2.44. The van der Waals surface area contributed by atoms with Gasteiger partial charge in [-0.25, -0.2) is 13.8 Å². The van der Waals surface area contributed by atoms with Crippen LogP contribution in [0.5, 0.6) is 0 Å². The van der Waals surface area contributed by atoms with Gasteiger partial charge in [-0.05, 0) is 18.1 Å². The average Bonchev–Trinajstić information content (AvgIpc) is 2.60. The highest BCUT2D eigenvalue weighted by atomic mass is 19.3. The van der Waals surface area contributed by atoms with Crippen molar-refractivity contribution in [3.63, 3.8) is 0 Å². The van der Waals surface area contributed by atoms with Gasteiger partial charge in [0.15, 0.2) is 5.96 Å². The van der Waals surface area contributed by atoms with E-state index < -0.39 is 17.4 Å². The number of hydrogen-bond acceptors (Lipinski definition) is 3. The molecule has 0 saturated carbocycles. The van der Waals surface area contributed by atoms with Crippen molar-refractivity contribution in [3.8, 4) is 0 Å². The Hall–Kier alpha value is -2.76. The van der Waals surface area contributed by atoms with Crippen molar-refractivity contribution < 1.29 is 13.6 Å². The van der Waals surface area contributed by atoms with Crippen LogP contribution in [0.3, 0.4) is 0 Å². The predicted octanol–water partition coefficient (Wildman–Crippen LogP) is 3.58. The molecule has 2 atom stereocenters. The first kappa shape index (κ1) is 18.0. The minimum Gasteiger partial charge on any atom is -0.369 e. The first-order chi connectivity index (χ1) is 12.1. The topological polar surface area (TPSA) is 58.7 Å². The van der Waals surface area contributed by atoms with Gasteiger partial charge in [-0.1, -0.05) is 54.6 Å². The normalized spacial score (nSPS) is 23.7. The Labute approximate surface area is 151 Å². The van der Waals surface area contributed by atoms with E-state index in [1.165, 1.54) is 17.0 Å². The molecule has 4 nitrogen and oxygen atoms in total. The van der Waals surface area contributed by atoms with E-state index in [-0.39, 0.29) is 17.4 Å². The molecule has 2 aromatic carbocycles. The number of carbonyl (C=O) groups excluding carboxylic acids is 1. The third kappa shape index (κ3) is 2.96. The summed E-state index contributed by atoms with van der Waals surface area (Å²) in [6, 6.07) is 15.2. The second-order valence-electron chi connectivity index (χ2n) is 6.82. The van der Waals surface area contributed by atoms with Gasteiger partial charge in [0, 0.05) is 19.5 Å². The van der Waals surface area contributed by atoms with Crippen LogP contribution in [0.4, 0.5) is 8.78 Å². The Morgan fingerprint density at radius 1 is 1.12 bits per heavy atom. The molecule has 1 aliphatic heterocycles. The minimum atomic E-state index is -2.93. The molecule has 1 amide bonds. The summed E-state index contributed by atoms with van der Waals surface area (Å²) in [6.45, 7) is 2.69. The lowest BCUT2D eigenvalue weighted by Crippen LogP contribution is -2.52. The highest BCUT2D eigenvalue weighted by Gasteiger charge is 2.47. The molecule has 6 heteroatoms. The molecule has 0 aromatic heterocycles. The molecule has 2 unspecified atom stereocenters. The fraction of sp³-hybridized carbons (Fsp3) is 0.300. The average molecular weight is 357 g/mol. The molecule has 2 aromatic rings. The fourth-order valence-corrected chi connectivity index (χ4v) is 3.37. The van der Waals surface area contributed by atoms with Crippen molar-refractivity contribution in [3.05, 3.63) is 71.3 Å². The second-order valence-corrected chi connectivity index (χ2v) is 6.82. The SMILES string of the molecule is CN1C(=O)C(c2ccc(C(C)(F)F)cc2)C(C)(c2ccccc2)N=C1N. The Morgan fingerprint density at radius 3 is 2.23 bits per heavy atom. The number of nitrogens with zero attached hydrogens (tertiary/aromatic N) is 2. The number of likely N-dealkylation sites (N-methyl/N-ethyl adjacent to an activating group) is 1. The van der Waals surface area contributed by atoms with Crippen LogP contribution in [-0.2, 0) is 16.3 Å². The van der Waals surface area contributed by atoms with Gasteiger partial charge < -0.3 is 5.73 Å². The second kappa shape index (κ2) is 6.20. The Kier molecular flexibility index (Phi) is 4.30. The largest absolute Gasteiger partial charge is 0.369 e. The molecule has 0 aliphatic carbocycles. The summed E-state index contributed by atoms with van der Waals surface area (Å²) in [7, 11) is 1.56. The summed E-state index contributed by atoms with van der Waals surface area (Å²) in [5, 5.41) is 0. The molecule has 3 rings (SSSR count). The van der Waals surface area contributed by atoms with Crippen LogP contribution >= 0.6 is 0 Å². The van der Waals surface area contributed by atoms with Gasteiger partial charge in [0.25, 0.3) is 5.92 Å².